The number of nitrogens with zero attached hydrogens (tertiary/aromatic N) is 1. The standard InChI is InChI=1S/C24H17FN2O6/c1-32-18-4-2-3-16(12-18)26-21(28)13-33-24(31)14-5-10-19-20(11-14)23(30)27(22(19)29)17-8-6-15(25)7-9-17/h2-12H,13H2,1H3,(H,26,28). The molecule has 0 atom stereocenters. The highest BCUT2D eigenvalue weighted by Crippen LogP contribution is 2.29. The maximum absolute atomic E-state index is 13.2. The first-order chi connectivity index (χ1) is 15.9. The molecule has 0 radical (unpaired) electrons. The van der Waals surface area contributed by atoms with Gasteiger partial charge in [-0.3, -0.25) is 14.4 Å². The minimum atomic E-state index is -0.834. The monoisotopic (exact) mass is 448 g/mol. The number of carbonyl (C=O) groups excluding carboxylic acids is 4. The second-order valence-electron chi connectivity index (χ2n) is 7.04. The molecule has 0 spiro atoms. The van der Waals surface area contributed by atoms with Crippen molar-refractivity contribution in [1.29, 1.82) is 0 Å². The van der Waals surface area contributed by atoms with Gasteiger partial charge in [0.15, 0.2) is 6.61 Å². The lowest BCUT2D eigenvalue weighted by atomic mass is 10.1. The first-order valence-corrected chi connectivity index (χ1v) is 9.77. The third-order valence-corrected chi connectivity index (χ3v) is 4.89. The maximum atomic E-state index is 13.2. The Hall–Kier alpha value is -4.53. The van der Waals surface area contributed by atoms with Gasteiger partial charge in [-0.2, -0.15) is 0 Å². The fourth-order valence-corrected chi connectivity index (χ4v) is 3.30. The molecule has 0 unspecified atom stereocenters. The second kappa shape index (κ2) is 8.91. The predicted octanol–water partition coefficient (Wildman–Crippen LogP) is 3.43. The molecule has 8 nitrogen and oxygen atoms in total. The minimum absolute atomic E-state index is 0.00466. The molecule has 1 aliphatic heterocycles. The Morgan fingerprint density at radius 3 is 2.39 bits per heavy atom. The van der Waals surface area contributed by atoms with Crippen LogP contribution >= 0.6 is 0 Å². The van der Waals surface area contributed by atoms with Crippen molar-refractivity contribution in [3.8, 4) is 5.75 Å². The van der Waals surface area contributed by atoms with E-state index in [4.69, 9.17) is 9.47 Å². The van der Waals surface area contributed by atoms with Crippen molar-refractivity contribution in [2.75, 3.05) is 23.9 Å². The summed E-state index contributed by atoms with van der Waals surface area (Å²) in [4.78, 5) is 50.8. The number of fused-ring (bicyclic) bond motifs is 1. The number of esters is 1. The Morgan fingerprint density at radius 2 is 1.67 bits per heavy atom. The van der Waals surface area contributed by atoms with Crippen molar-refractivity contribution in [2.45, 2.75) is 0 Å². The molecule has 0 saturated carbocycles. The number of nitrogens with one attached hydrogen (secondary N) is 1. The van der Waals surface area contributed by atoms with Crippen molar-refractivity contribution in [3.05, 3.63) is 89.2 Å². The number of hydrogen-bond donors (Lipinski definition) is 1. The van der Waals surface area contributed by atoms with Gasteiger partial charge in [-0.15, -0.1) is 0 Å². The Labute approximate surface area is 187 Å². The zero-order chi connectivity index (χ0) is 23.5. The van der Waals surface area contributed by atoms with Crippen LogP contribution in [0.15, 0.2) is 66.7 Å². The van der Waals surface area contributed by atoms with Gasteiger partial charge in [0.1, 0.15) is 11.6 Å². The molecule has 1 aliphatic rings. The number of benzene rings is 3. The lowest BCUT2D eigenvalue weighted by molar-refractivity contribution is -0.119. The van der Waals surface area contributed by atoms with Gasteiger partial charge in [0.25, 0.3) is 17.7 Å². The maximum Gasteiger partial charge on any atom is 0.338 e. The number of carbonyl (C=O) groups is 4. The third-order valence-electron chi connectivity index (χ3n) is 4.89. The fraction of sp³-hybridized carbons (Fsp3) is 0.0833. The van der Waals surface area contributed by atoms with Crippen LogP contribution in [0.2, 0.25) is 0 Å². The summed E-state index contributed by atoms with van der Waals surface area (Å²) >= 11 is 0. The molecule has 33 heavy (non-hydrogen) atoms. The summed E-state index contributed by atoms with van der Waals surface area (Å²) < 4.78 is 23.3. The quantitative estimate of drug-likeness (QED) is 0.458. The summed E-state index contributed by atoms with van der Waals surface area (Å²) in [6.45, 7) is -0.554. The Kier molecular flexibility index (Phi) is 5.86. The van der Waals surface area contributed by atoms with Crippen molar-refractivity contribution in [1.82, 2.24) is 0 Å². The molecule has 3 aromatic carbocycles. The van der Waals surface area contributed by atoms with E-state index in [1.54, 1.807) is 24.3 Å². The van der Waals surface area contributed by atoms with E-state index < -0.39 is 36.1 Å². The number of halogens is 1. The second-order valence-corrected chi connectivity index (χ2v) is 7.04. The van der Waals surface area contributed by atoms with Gasteiger partial charge in [-0.25, -0.2) is 14.1 Å². The molecule has 0 bridgehead atoms. The molecular formula is C24H17FN2O6. The summed E-state index contributed by atoms with van der Waals surface area (Å²) in [5.41, 5.74) is 0.806. The first kappa shape index (κ1) is 21.7. The van der Waals surface area contributed by atoms with Crippen LogP contribution in [0.3, 0.4) is 0 Å². The minimum Gasteiger partial charge on any atom is -0.497 e. The molecule has 1 N–H and O–H groups in total. The number of rotatable bonds is 6. The average Bonchev–Trinajstić information content (AvgIpc) is 3.07. The largest absolute Gasteiger partial charge is 0.497 e. The molecule has 9 heteroatoms. The Balaban J connectivity index is 1.43. The van der Waals surface area contributed by atoms with Gasteiger partial charge < -0.3 is 14.8 Å². The van der Waals surface area contributed by atoms with E-state index in [1.807, 2.05) is 0 Å². The summed E-state index contributed by atoms with van der Waals surface area (Å²) in [6, 6.07) is 15.5. The van der Waals surface area contributed by atoms with E-state index in [0.29, 0.717) is 11.4 Å². The van der Waals surface area contributed by atoms with Gasteiger partial charge in [-0.05, 0) is 54.6 Å². The Bertz CT molecular complexity index is 1270. The first-order valence-electron chi connectivity index (χ1n) is 9.77. The number of anilines is 2. The third kappa shape index (κ3) is 4.42. The predicted molar refractivity (Wildman–Crippen MR) is 116 cm³/mol. The van der Waals surface area contributed by atoms with Crippen LogP contribution in [0.25, 0.3) is 0 Å². The molecule has 3 amide bonds. The van der Waals surface area contributed by atoms with Crippen LogP contribution in [-0.2, 0) is 9.53 Å². The average molecular weight is 448 g/mol. The Morgan fingerprint density at radius 1 is 0.939 bits per heavy atom. The zero-order valence-corrected chi connectivity index (χ0v) is 17.3. The van der Waals surface area contributed by atoms with Gasteiger partial charge in [-0.1, -0.05) is 6.07 Å². The van der Waals surface area contributed by atoms with E-state index in [-0.39, 0.29) is 22.4 Å². The summed E-state index contributed by atoms with van der Waals surface area (Å²) in [6.07, 6.45) is 0. The van der Waals surface area contributed by atoms with E-state index >= 15 is 0 Å². The van der Waals surface area contributed by atoms with Crippen LogP contribution in [0, 0.1) is 5.82 Å². The van der Waals surface area contributed by atoms with Crippen molar-refractivity contribution < 1.29 is 33.0 Å². The van der Waals surface area contributed by atoms with Crippen molar-refractivity contribution >= 4 is 35.1 Å². The SMILES string of the molecule is COc1cccc(NC(=O)COC(=O)c2ccc3c(c2)C(=O)N(c2ccc(F)cc2)C3=O)c1. The summed E-state index contributed by atoms with van der Waals surface area (Å²) in [5, 5.41) is 2.58. The van der Waals surface area contributed by atoms with Gasteiger partial charge in [0.2, 0.25) is 0 Å². The molecule has 166 valence electrons. The molecule has 0 saturated heterocycles. The number of methoxy groups -OCH3 is 1. The molecule has 0 aliphatic carbocycles. The molecule has 1 heterocycles. The van der Waals surface area contributed by atoms with E-state index in [0.717, 1.165) is 17.0 Å². The topological polar surface area (TPSA) is 102 Å². The molecule has 3 aromatic rings. The van der Waals surface area contributed by atoms with Crippen LogP contribution in [0.4, 0.5) is 15.8 Å². The lowest BCUT2D eigenvalue weighted by Gasteiger charge is -2.13. The van der Waals surface area contributed by atoms with Crippen molar-refractivity contribution in [2.24, 2.45) is 0 Å². The normalized spacial score (nSPS) is 12.4. The summed E-state index contributed by atoms with van der Waals surface area (Å²) in [7, 11) is 1.50. The van der Waals surface area contributed by atoms with E-state index in [9.17, 15) is 23.6 Å². The van der Waals surface area contributed by atoms with Gasteiger partial charge >= 0.3 is 5.97 Å². The number of amides is 3. The summed E-state index contributed by atoms with van der Waals surface area (Å²) in [5.74, 6) is -2.58. The van der Waals surface area contributed by atoms with Crippen molar-refractivity contribution in [3.63, 3.8) is 0 Å². The number of imide groups is 1. The fourth-order valence-electron chi connectivity index (χ4n) is 3.30. The zero-order valence-electron chi connectivity index (χ0n) is 17.3. The highest BCUT2D eigenvalue weighted by atomic mass is 19.1. The number of ether oxygens (including phenoxy) is 2. The van der Waals surface area contributed by atoms with Crippen LogP contribution in [0.1, 0.15) is 31.1 Å². The molecule has 0 fully saturated rings. The highest BCUT2D eigenvalue weighted by molar-refractivity contribution is 6.34. The lowest BCUT2D eigenvalue weighted by Crippen LogP contribution is -2.29. The molecule has 4 rings (SSSR count). The van der Waals surface area contributed by atoms with Crippen LogP contribution in [-0.4, -0.2) is 37.4 Å². The highest BCUT2D eigenvalue weighted by Gasteiger charge is 2.37. The van der Waals surface area contributed by atoms with E-state index in [1.165, 1.54) is 37.4 Å². The smallest absolute Gasteiger partial charge is 0.338 e. The molecular weight excluding hydrogens is 431 g/mol. The van der Waals surface area contributed by atoms with Crippen LogP contribution in [0.5, 0.6) is 5.75 Å². The van der Waals surface area contributed by atoms with E-state index in [2.05, 4.69) is 5.32 Å². The molecule has 0 aromatic heterocycles. The van der Waals surface area contributed by atoms with Gasteiger partial charge in [0.05, 0.1) is 29.5 Å². The van der Waals surface area contributed by atoms with Crippen LogP contribution < -0.4 is 15.0 Å². The number of hydrogen-bond acceptors (Lipinski definition) is 6. The van der Waals surface area contributed by atoms with Gasteiger partial charge in [0, 0.05) is 11.8 Å².